The molecule has 17 heavy (non-hydrogen) atoms. The van der Waals surface area contributed by atoms with Gasteiger partial charge in [0, 0.05) is 12.1 Å². The summed E-state index contributed by atoms with van der Waals surface area (Å²) >= 11 is 1.55. The number of rotatable bonds is 3. The summed E-state index contributed by atoms with van der Waals surface area (Å²) in [5.41, 5.74) is 4.85. The lowest BCUT2D eigenvalue weighted by atomic mass is 10.2. The number of halogens is 4. The summed E-state index contributed by atoms with van der Waals surface area (Å²) in [6.45, 7) is -0.142. The van der Waals surface area contributed by atoms with Gasteiger partial charge in [0.1, 0.15) is 0 Å². The second-order valence-corrected chi connectivity index (χ2v) is 4.00. The first kappa shape index (κ1) is 14.0. The van der Waals surface area contributed by atoms with Crippen LogP contribution in [0, 0.1) is 3.57 Å². The van der Waals surface area contributed by atoms with E-state index in [1.54, 1.807) is 22.6 Å². The molecule has 1 aromatic rings. The van der Waals surface area contributed by atoms with Crippen molar-refractivity contribution in [2.24, 2.45) is 5.73 Å². The summed E-state index contributed by atoms with van der Waals surface area (Å²) in [5, 5.41) is 8.75. The van der Waals surface area contributed by atoms with Gasteiger partial charge in [0.25, 0.3) is 0 Å². The number of aromatic nitrogens is 1. The van der Waals surface area contributed by atoms with Crippen LogP contribution in [0.4, 0.5) is 13.2 Å². The highest BCUT2D eigenvalue weighted by Gasteiger charge is 2.33. The fourth-order valence-electron chi connectivity index (χ4n) is 1.03. The predicted molar refractivity (Wildman–Crippen MR) is 58.5 cm³/mol. The Hall–Kier alpha value is -1.10. The van der Waals surface area contributed by atoms with Crippen LogP contribution >= 0.6 is 22.6 Å². The van der Waals surface area contributed by atoms with Gasteiger partial charge in [0.05, 0.1) is 3.57 Å². The van der Waals surface area contributed by atoms with Gasteiger partial charge in [-0.3, -0.25) is 0 Å². The van der Waals surface area contributed by atoms with Gasteiger partial charge in [-0.2, -0.15) is 0 Å². The number of ether oxygens (including phenoxy) is 1. The fourth-order valence-corrected chi connectivity index (χ4v) is 1.64. The molecule has 0 aromatic carbocycles. The van der Waals surface area contributed by atoms with Gasteiger partial charge < -0.3 is 15.6 Å². The fraction of sp³-hybridized carbons (Fsp3) is 0.250. The number of carboxylic acid groups (broad SMARTS) is 1. The second-order valence-electron chi connectivity index (χ2n) is 2.84. The molecule has 3 N–H and O–H groups in total. The first-order chi connectivity index (χ1) is 7.74. The zero-order chi connectivity index (χ0) is 13.2. The first-order valence-corrected chi connectivity index (χ1v) is 5.21. The SMILES string of the molecule is NCc1cc(I)c(OC(F)(F)F)nc1C(=O)O. The number of carbonyl (C=O) groups is 1. The molecule has 0 spiro atoms. The molecule has 0 aliphatic heterocycles. The van der Waals surface area contributed by atoms with Gasteiger partial charge >= 0.3 is 12.3 Å². The average molecular weight is 362 g/mol. The number of hydrogen-bond acceptors (Lipinski definition) is 4. The van der Waals surface area contributed by atoms with Crippen LogP contribution in [0.5, 0.6) is 5.88 Å². The number of alkyl halides is 3. The number of nitrogens with two attached hydrogens (primary N) is 1. The second kappa shape index (κ2) is 5.04. The third-order valence-corrected chi connectivity index (χ3v) is 2.43. The highest BCUT2D eigenvalue weighted by molar-refractivity contribution is 14.1. The molecular weight excluding hydrogens is 356 g/mol. The lowest BCUT2D eigenvalue weighted by Gasteiger charge is -2.11. The van der Waals surface area contributed by atoms with Crippen LogP contribution in [-0.2, 0) is 6.54 Å². The van der Waals surface area contributed by atoms with Crippen molar-refractivity contribution < 1.29 is 27.8 Å². The summed E-state index contributed by atoms with van der Waals surface area (Å²) in [5.74, 6) is -2.26. The van der Waals surface area contributed by atoms with E-state index in [2.05, 4.69) is 9.72 Å². The molecule has 0 radical (unpaired) electrons. The minimum absolute atomic E-state index is 0.0328. The molecule has 0 unspecified atom stereocenters. The number of carboxylic acids is 1. The zero-order valence-corrected chi connectivity index (χ0v) is 10.2. The molecule has 9 heteroatoms. The maximum Gasteiger partial charge on any atom is 0.574 e. The largest absolute Gasteiger partial charge is 0.574 e. The van der Waals surface area contributed by atoms with Gasteiger partial charge in [0.15, 0.2) is 5.69 Å². The molecule has 0 atom stereocenters. The maximum atomic E-state index is 12.0. The lowest BCUT2D eigenvalue weighted by molar-refractivity contribution is -0.276. The highest BCUT2D eigenvalue weighted by atomic mass is 127. The minimum atomic E-state index is -4.92. The molecule has 1 rings (SSSR count). The third-order valence-electron chi connectivity index (χ3n) is 1.66. The van der Waals surface area contributed by atoms with E-state index < -0.39 is 23.9 Å². The van der Waals surface area contributed by atoms with Crippen LogP contribution in [0.25, 0.3) is 0 Å². The number of aromatic carboxylic acids is 1. The van der Waals surface area contributed by atoms with Crippen LogP contribution in [0.2, 0.25) is 0 Å². The van der Waals surface area contributed by atoms with Crippen molar-refractivity contribution in [3.05, 3.63) is 20.9 Å². The van der Waals surface area contributed by atoms with E-state index in [0.717, 1.165) is 0 Å². The molecule has 5 nitrogen and oxygen atoms in total. The molecule has 94 valence electrons. The maximum absolute atomic E-state index is 12.0. The Labute approximate surface area is 107 Å². The number of nitrogens with zero attached hydrogens (tertiary/aromatic N) is 1. The monoisotopic (exact) mass is 362 g/mol. The van der Waals surface area contributed by atoms with Gasteiger partial charge in [-0.15, -0.1) is 13.2 Å². The molecule has 0 fully saturated rings. The third kappa shape index (κ3) is 3.70. The van der Waals surface area contributed by atoms with Crippen LogP contribution in [0.3, 0.4) is 0 Å². The normalized spacial score (nSPS) is 11.4. The summed E-state index contributed by atoms with van der Waals surface area (Å²) in [4.78, 5) is 14.1. The molecule has 0 bridgehead atoms. The first-order valence-electron chi connectivity index (χ1n) is 4.13. The Bertz CT molecular complexity index is 450. The van der Waals surface area contributed by atoms with E-state index in [4.69, 9.17) is 10.8 Å². The van der Waals surface area contributed by atoms with Crippen molar-refractivity contribution in [1.82, 2.24) is 4.98 Å². The van der Waals surface area contributed by atoms with Crippen molar-refractivity contribution in [3.63, 3.8) is 0 Å². The van der Waals surface area contributed by atoms with Crippen LogP contribution < -0.4 is 10.5 Å². The Morgan fingerprint density at radius 2 is 2.18 bits per heavy atom. The highest BCUT2D eigenvalue weighted by Crippen LogP contribution is 2.27. The standard InChI is InChI=1S/C8H6F3IN2O3/c9-8(10,11)17-6-4(12)1-3(2-13)5(14-6)7(15)16/h1H,2,13H2,(H,15,16). The predicted octanol–water partition coefficient (Wildman–Crippen LogP) is 1.74. The van der Waals surface area contributed by atoms with E-state index >= 15 is 0 Å². The lowest BCUT2D eigenvalue weighted by Crippen LogP contribution is -2.20. The van der Waals surface area contributed by atoms with Crippen LogP contribution in [-0.4, -0.2) is 22.4 Å². The molecule has 1 heterocycles. The zero-order valence-electron chi connectivity index (χ0n) is 8.08. The molecule has 0 amide bonds. The summed E-state index contributed by atoms with van der Waals surface area (Å²) in [6, 6.07) is 1.19. The summed E-state index contributed by atoms with van der Waals surface area (Å²) < 4.78 is 39.6. The summed E-state index contributed by atoms with van der Waals surface area (Å²) in [6.07, 6.45) is -4.92. The molecular formula is C8H6F3IN2O3. The van der Waals surface area contributed by atoms with E-state index in [0.29, 0.717) is 0 Å². The van der Waals surface area contributed by atoms with Crippen LogP contribution in [0.1, 0.15) is 16.1 Å². The Balaban J connectivity index is 3.25. The van der Waals surface area contributed by atoms with Gasteiger partial charge in [-0.25, -0.2) is 9.78 Å². The molecule has 0 saturated heterocycles. The number of hydrogen-bond donors (Lipinski definition) is 2. The van der Waals surface area contributed by atoms with Gasteiger partial charge in [0.2, 0.25) is 5.88 Å². The van der Waals surface area contributed by atoms with Crippen molar-refractivity contribution >= 4 is 28.6 Å². The Morgan fingerprint density at radius 1 is 1.59 bits per heavy atom. The van der Waals surface area contributed by atoms with Crippen LogP contribution in [0.15, 0.2) is 6.07 Å². The Morgan fingerprint density at radius 3 is 2.59 bits per heavy atom. The quantitative estimate of drug-likeness (QED) is 0.801. The minimum Gasteiger partial charge on any atom is -0.476 e. The van der Waals surface area contributed by atoms with E-state index in [-0.39, 0.29) is 15.7 Å². The summed E-state index contributed by atoms with van der Waals surface area (Å²) in [7, 11) is 0. The molecule has 0 aliphatic rings. The van der Waals surface area contributed by atoms with Crippen molar-refractivity contribution in [2.75, 3.05) is 0 Å². The number of pyridine rings is 1. The Kier molecular flexibility index (Phi) is 4.14. The molecule has 0 saturated carbocycles. The molecule has 1 aromatic heterocycles. The van der Waals surface area contributed by atoms with Crippen molar-refractivity contribution in [3.8, 4) is 5.88 Å². The smallest absolute Gasteiger partial charge is 0.476 e. The van der Waals surface area contributed by atoms with E-state index in [1.165, 1.54) is 6.07 Å². The molecule has 0 aliphatic carbocycles. The van der Waals surface area contributed by atoms with E-state index in [1.807, 2.05) is 0 Å². The van der Waals surface area contributed by atoms with Gasteiger partial charge in [-0.05, 0) is 28.7 Å². The van der Waals surface area contributed by atoms with Crippen molar-refractivity contribution in [2.45, 2.75) is 12.9 Å². The van der Waals surface area contributed by atoms with Gasteiger partial charge in [-0.1, -0.05) is 0 Å². The topological polar surface area (TPSA) is 85.4 Å². The van der Waals surface area contributed by atoms with E-state index in [9.17, 15) is 18.0 Å². The average Bonchev–Trinajstić information content (AvgIpc) is 2.18. The van der Waals surface area contributed by atoms with Crippen molar-refractivity contribution in [1.29, 1.82) is 0 Å².